The molecule has 3 aromatic carbocycles. The molecule has 2 aromatic heterocycles. The summed E-state index contributed by atoms with van der Waals surface area (Å²) in [6, 6.07) is 26.6. The molecule has 0 radical (unpaired) electrons. The molecule has 0 spiro atoms. The fraction of sp³-hybridized carbons (Fsp3) is 0.0741. The predicted molar refractivity (Wildman–Crippen MR) is 131 cm³/mol. The van der Waals surface area contributed by atoms with Gasteiger partial charge in [-0.25, -0.2) is 14.8 Å². The average molecular weight is 467 g/mol. The van der Waals surface area contributed by atoms with Gasteiger partial charge in [0.2, 0.25) is 0 Å². The molecule has 0 aliphatic heterocycles. The molecule has 8 heteroatoms. The molecule has 0 fully saturated rings. The monoisotopic (exact) mass is 467 g/mol. The lowest BCUT2D eigenvalue weighted by Gasteiger charge is -2.11. The van der Waals surface area contributed by atoms with Gasteiger partial charge in [0.25, 0.3) is 5.95 Å². The number of hydrogen-bond donors (Lipinski definition) is 1. The lowest BCUT2D eigenvalue weighted by molar-refractivity contribution is 0.111. The standard InChI is InChI=1S/C27H21N3O5/c1-32-27(31)35-25-14-13-24(34-25)19-7-12-23-22(15-19)26(29-17-28-23)30-20-8-10-21(11-9-20)33-16-18-5-3-2-4-6-18/h2-15,17H,16H2,1H3,(H,28,29,30). The molecule has 0 unspecified atom stereocenters. The van der Waals surface area contributed by atoms with Gasteiger partial charge in [0.1, 0.15) is 30.3 Å². The molecule has 8 nitrogen and oxygen atoms in total. The van der Waals surface area contributed by atoms with E-state index >= 15 is 0 Å². The molecule has 0 aliphatic carbocycles. The number of fused-ring (bicyclic) bond motifs is 1. The van der Waals surface area contributed by atoms with Gasteiger partial charge in [-0.15, -0.1) is 0 Å². The van der Waals surface area contributed by atoms with E-state index in [1.165, 1.54) is 13.4 Å². The summed E-state index contributed by atoms with van der Waals surface area (Å²) in [5.74, 6) is 1.99. The number of rotatable bonds is 7. The van der Waals surface area contributed by atoms with E-state index in [0.29, 0.717) is 18.2 Å². The van der Waals surface area contributed by atoms with E-state index in [-0.39, 0.29) is 5.95 Å². The van der Waals surface area contributed by atoms with Crippen LogP contribution in [0, 0.1) is 0 Å². The van der Waals surface area contributed by atoms with Crippen LogP contribution in [0.5, 0.6) is 11.7 Å². The van der Waals surface area contributed by atoms with Crippen molar-refractivity contribution in [3.05, 3.63) is 96.8 Å². The summed E-state index contributed by atoms with van der Waals surface area (Å²) in [6.07, 6.45) is 0.664. The third-order valence-corrected chi connectivity index (χ3v) is 5.22. The fourth-order valence-corrected chi connectivity index (χ4v) is 3.48. The Morgan fingerprint density at radius 1 is 0.943 bits per heavy atom. The van der Waals surface area contributed by atoms with E-state index < -0.39 is 6.16 Å². The average Bonchev–Trinajstić information content (AvgIpc) is 3.37. The van der Waals surface area contributed by atoms with Crippen molar-refractivity contribution in [1.82, 2.24) is 9.97 Å². The highest BCUT2D eigenvalue weighted by atomic mass is 16.7. The molecule has 0 atom stereocenters. The minimum absolute atomic E-state index is 0.0455. The predicted octanol–water partition coefficient (Wildman–Crippen LogP) is 6.36. The minimum Gasteiger partial charge on any atom is -0.489 e. The van der Waals surface area contributed by atoms with Crippen molar-refractivity contribution in [2.24, 2.45) is 0 Å². The summed E-state index contributed by atoms with van der Waals surface area (Å²) in [4.78, 5) is 20.1. The topological polar surface area (TPSA) is 95.7 Å². The van der Waals surface area contributed by atoms with Crippen LogP contribution in [0.4, 0.5) is 16.3 Å². The summed E-state index contributed by atoms with van der Waals surface area (Å²) in [5, 5.41) is 4.15. The first kappa shape index (κ1) is 22.0. The van der Waals surface area contributed by atoms with E-state index in [0.717, 1.165) is 33.5 Å². The largest absolute Gasteiger partial charge is 0.516 e. The Morgan fingerprint density at radius 2 is 1.77 bits per heavy atom. The number of carbonyl (C=O) groups excluding carboxylic acids is 1. The molecule has 5 aromatic rings. The number of aromatic nitrogens is 2. The third-order valence-electron chi connectivity index (χ3n) is 5.22. The number of benzene rings is 3. The summed E-state index contributed by atoms with van der Waals surface area (Å²) in [5.41, 5.74) is 3.51. The van der Waals surface area contributed by atoms with Crippen LogP contribution in [0.3, 0.4) is 0 Å². The molecule has 174 valence electrons. The zero-order valence-corrected chi connectivity index (χ0v) is 18.8. The van der Waals surface area contributed by atoms with Gasteiger partial charge in [-0.2, -0.15) is 0 Å². The highest BCUT2D eigenvalue weighted by Gasteiger charge is 2.12. The Labute approximate surface area is 201 Å². The van der Waals surface area contributed by atoms with E-state index in [1.54, 1.807) is 12.1 Å². The zero-order valence-electron chi connectivity index (χ0n) is 18.8. The molecule has 0 amide bonds. The molecule has 2 heterocycles. The minimum atomic E-state index is -0.846. The van der Waals surface area contributed by atoms with Gasteiger partial charge in [0, 0.05) is 22.7 Å². The highest BCUT2D eigenvalue weighted by Crippen LogP contribution is 2.31. The van der Waals surface area contributed by atoms with E-state index in [1.807, 2.05) is 72.8 Å². The Bertz CT molecular complexity index is 1450. The van der Waals surface area contributed by atoms with Gasteiger partial charge >= 0.3 is 6.16 Å². The molecule has 5 rings (SSSR count). The van der Waals surface area contributed by atoms with Crippen molar-refractivity contribution in [1.29, 1.82) is 0 Å². The number of nitrogens with one attached hydrogen (secondary N) is 1. The van der Waals surface area contributed by atoms with Crippen LogP contribution >= 0.6 is 0 Å². The SMILES string of the molecule is COC(=O)Oc1ccc(-c2ccc3ncnc(Nc4ccc(OCc5ccccc5)cc4)c3c2)o1. The summed E-state index contributed by atoms with van der Waals surface area (Å²) in [6.45, 7) is 0.506. The molecule has 35 heavy (non-hydrogen) atoms. The van der Waals surface area contributed by atoms with Crippen molar-refractivity contribution in [2.75, 3.05) is 12.4 Å². The molecule has 0 saturated heterocycles. The van der Waals surface area contributed by atoms with Crippen LogP contribution in [-0.4, -0.2) is 23.2 Å². The Kier molecular flexibility index (Phi) is 6.25. The quantitative estimate of drug-likeness (QED) is 0.276. The maximum absolute atomic E-state index is 11.3. The van der Waals surface area contributed by atoms with Crippen molar-refractivity contribution >= 4 is 28.6 Å². The van der Waals surface area contributed by atoms with E-state index in [4.69, 9.17) is 13.9 Å². The first-order valence-electron chi connectivity index (χ1n) is 10.8. The lowest BCUT2D eigenvalue weighted by atomic mass is 10.1. The molecular formula is C27H21N3O5. The van der Waals surface area contributed by atoms with Crippen molar-refractivity contribution in [2.45, 2.75) is 6.61 Å². The number of furan rings is 1. The van der Waals surface area contributed by atoms with Crippen LogP contribution in [0.25, 0.3) is 22.2 Å². The number of methoxy groups -OCH3 is 1. The van der Waals surface area contributed by atoms with Gasteiger partial charge in [0.15, 0.2) is 0 Å². The number of hydrogen-bond acceptors (Lipinski definition) is 8. The van der Waals surface area contributed by atoms with Crippen LogP contribution in [0.1, 0.15) is 5.56 Å². The fourth-order valence-electron chi connectivity index (χ4n) is 3.48. The zero-order chi connectivity index (χ0) is 24.0. The van der Waals surface area contributed by atoms with Crippen LogP contribution in [0.2, 0.25) is 0 Å². The summed E-state index contributed by atoms with van der Waals surface area (Å²) in [7, 11) is 1.23. The van der Waals surface area contributed by atoms with Gasteiger partial charge in [-0.05, 0) is 54.1 Å². The van der Waals surface area contributed by atoms with E-state index in [2.05, 4.69) is 20.0 Å². The molecule has 0 aliphatic rings. The number of carbonyl (C=O) groups is 1. The van der Waals surface area contributed by atoms with Crippen LogP contribution in [0.15, 0.2) is 95.7 Å². The van der Waals surface area contributed by atoms with Gasteiger partial charge in [-0.3, -0.25) is 0 Å². The Balaban J connectivity index is 1.33. The molecule has 0 saturated carbocycles. The Morgan fingerprint density at radius 3 is 2.57 bits per heavy atom. The number of nitrogens with zero attached hydrogens (tertiary/aromatic N) is 2. The highest BCUT2D eigenvalue weighted by molar-refractivity contribution is 5.93. The van der Waals surface area contributed by atoms with E-state index in [9.17, 15) is 4.79 Å². The lowest BCUT2D eigenvalue weighted by Crippen LogP contribution is -2.06. The molecular weight excluding hydrogens is 446 g/mol. The second kappa shape index (κ2) is 9.96. The smallest absolute Gasteiger partial charge is 0.489 e. The van der Waals surface area contributed by atoms with Crippen molar-refractivity contribution in [3.63, 3.8) is 0 Å². The first-order chi connectivity index (χ1) is 17.2. The number of ether oxygens (including phenoxy) is 3. The van der Waals surface area contributed by atoms with Crippen molar-refractivity contribution in [3.8, 4) is 23.0 Å². The van der Waals surface area contributed by atoms with Gasteiger partial charge < -0.3 is 23.9 Å². The van der Waals surface area contributed by atoms with Crippen LogP contribution in [-0.2, 0) is 11.3 Å². The molecule has 1 N–H and O–H groups in total. The maximum Gasteiger partial charge on any atom is 0.516 e. The van der Waals surface area contributed by atoms with Gasteiger partial charge in [-0.1, -0.05) is 30.3 Å². The second-order valence-electron chi connectivity index (χ2n) is 7.55. The summed E-state index contributed by atoms with van der Waals surface area (Å²) < 4.78 is 20.9. The first-order valence-corrected chi connectivity index (χ1v) is 10.8. The maximum atomic E-state index is 11.3. The Hall–Kier alpha value is -4.85. The molecule has 0 bridgehead atoms. The van der Waals surface area contributed by atoms with Gasteiger partial charge in [0.05, 0.1) is 12.6 Å². The normalized spacial score (nSPS) is 10.7. The summed E-state index contributed by atoms with van der Waals surface area (Å²) >= 11 is 0. The second-order valence-corrected chi connectivity index (χ2v) is 7.55. The third kappa shape index (κ3) is 5.22. The van der Waals surface area contributed by atoms with Crippen LogP contribution < -0.4 is 14.8 Å². The van der Waals surface area contributed by atoms with Crippen molar-refractivity contribution < 1.29 is 23.4 Å². The number of anilines is 2.